The van der Waals surface area contributed by atoms with Crippen LogP contribution in [0.3, 0.4) is 0 Å². The molecule has 3 N–H and O–H groups in total. The van der Waals surface area contributed by atoms with E-state index in [1.165, 1.54) is 11.1 Å². The van der Waals surface area contributed by atoms with Gasteiger partial charge in [-0.15, -0.1) is 0 Å². The number of benzene rings is 1. The van der Waals surface area contributed by atoms with Crippen LogP contribution in [0.2, 0.25) is 0 Å². The van der Waals surface area contributed by atoms with E-state index in [2.05, 4.69) is 50.4 Å². The van der Waals surface area contributed by atoms with Gasteiger partial charge >= 0.3 is 0 Å². The normalized spacial score (nSPS) is 31.8. The van der Waals surface area contributed by atoms with Gasteiger partial charge in [-0.1, -0.05) is 43.7 Å². The molecule has 2 aliphatic rings. The van der Waals surface area contributed by atoms with Crippen molar-refractivity contribution < 1.29 is 9.53 Å². The van der Waals surface area contributed by atoms with Crippen molar-refractivity contribution in [2.45, 2.75) is 51.7 Å². The third kappa shape index (κ3) is 2.58. The van der Waals surface area contributed by atoms with Gasteiger partial charge in [-0.3, -0.25) is 4.79 Å². The van der Waals surface area contributed by atoms with Gasteiger partial charge in [0, 0.05) is 24.5 Å². The zero-order valence-corrected chi connectivity index (χ0v) is 14.4. The average molecular weight is 316 g/mol. The highest BCUT2D eigenvalue weighted by atomic mass is 16.5. The van der Waals surface area contributed by atoms with Gasteiger partial charge < -0.3 is 15.8 Å². The third-order valence-corrected chi connectivity index (χ3v) is 5.84. The van der Waals surface area contributed by atoms with E-state index in [1.807, 2.05) is 0 Å². The molecule has 1 saturated carbocycles. The van der Waals surface area contributed by atoms with Crippen LogP contribution in [0.5, 0.6) is 0 Å². The molecular formula is C19H28N2O2. The van der Waals surface area contributed by atoms with Crippen molar-refractivity contribution in [3.63, 3.8) is 0 Å². The number of carbonyl (C=O) groups excluding carboxylic acids is 1. The zero-order chi connectivity index (χ0) is 16.7. The minimum Gasteiger partial charge on any atom is -0.377 e. The molecule has 1 heterocycles. The van der Waals surface area contributed by atoms with Gasteiger partial charge in [-0.2, -0.15) is 0 Å². The topological polar surface area (TPSA) is 64.4 Å². The molecule has 1 aromatic rings. The first-order valence-electron chi connectivity index (χ1n) is 8.61. The number of hydrogen-bond donors (Lipinski definition) is 2. The molecule has 1 aliphatic heterocycles. The van der Waals surface area contributed by atoms with Crippen LogP contribution < -0.4 is 11.1 Å². The molecule has 1 saturated heterocycles. The van der Waals surface area contributed by atoms with Gasteiger partial charge in [-0.25, -0.2) is 0 Å². The van der Waals surface area contributed by atoms with Gasteiger partial charge in [-0.05, 0) is 31.7 Å². The molecule has 3 unspecified atom stereocenters. The summed E-state index contributed by atoms with van der Waals surface area (Å²) in [7, 11) is 0. The van der Waals surface area contributed by atoms with Crippen LogP contribution in [0.4, 0.5) is 0 Å². The summed E-state index contributed by atoms with van der Waals surface area (Å²) in [4.78, 5) is 12.8. The van der Waals surface area contributed by atoms with Crippen molar-refractivity contribution >= 4 is 5.91 Å². The van der Waals surface area contributed by atoms with Crippen molar-refractivity contribution in [1.29, 1.82) is 0 Å². The summed E-state index contributed by atoms with van der Waals surface area (Å²) in [5.41, 5.74) is 7.94. The van der Waals surface area contributed by atoms with E-state index in [4.69, 9.17) is 10.5 Å². The number of amides is 1. The Morgan fingerprint density at radius 1 is 1.43 bits per heavy atom. The summed E-state index contributed by atoms with van der Waals surface area (Å²) in [6, 6.07) is 8.38. The fourth-order valence-corrected chi connectivity index (χ4v) is 4.37. The molecule has 4 nitrogen and oxygen atoms in total. The van der Waals surface area contributed by atoms with E-state index < -0.39 is 5.54 Å². The van der Waals surface area contributed by atoms with Crippen LogP contribution in [0.15, 0.2) is 24.3 Å². The third-order valence-electron chi connectivity index (χ3n) is 5.84. The maximum atomic E-state index is 12.8. The standard InChI is InChI=1S/C19H28N2O2/c1-13-6-4-7-14(12-13)9-10-21-17(22)19(20)15-8-5-11-23-16(15)18(19,2)3/h4,6-7,12,15-16H,5,8-11,20H2,1-3H3,(H,21,22). The Bertz CT molecular complexity index is 599. The molecule has 0 aromatic heterocycles. The van der Waals surface area contributed by atoms with Crippen LogP contribution >= 0.6 is 0 Å². The molecule has 0 radical (unpaired) electrons. The van der Waals surface area contributed by atoms with E-state index in [0.29, 0.717) is 6.54 Å². The molecular weight excluding hydrogens is 288 g/mol. The Balaban J connectivity index is 1.61. The first-order chi connectivity index (χ1) is 10.9. The van der Waals surface area contributed by atoms with Crippen LogP contribution in [0.1, 0.15) is 37.8 Å². The second-order valence-corrected chi connectivity index (χ2v) is 7.63. The lowest BCUT2D eigenvalue weighted by Gasteiger charge is -2.65. The molecule has 2 fully saturated rings. The van der Waals surface area contributed by atoms with Crippen LogP contribution in [-0.2, 0) is 16.0 Å². The van der Waals surface area contributed by atoms with E-state index >= 15 is 0 Å². The number of nitrogens with two attached hydrogens (primary N) is 1. The van der Waals surface area contributed by atoms with Gasteiger partial charge in [0.1, 0.15) is 5.54 Å². The summed E-state index contributed by atoms with van der Waals surface area (Å²) in [5, 5.41) is 3.06. The van der Waals surface area contributed by atoms with E-state index in [-0.39, 0.29) is 23.3 Å². The number of fused-ring (bicyclic) bond motifs is 1. The molecule has 1 aromatic carbocycles. The molecule has 3 rings (SSSR count). The van der Waals surface area contributed by atoms with Crippen molar-refractivity contribution in [3.8, 4) is 0 Å². The quantitative estimate of drug-likeness (QED) is 0.895. The summed E-state index contributed by atoms with van der Waals surface area (Å²) in [5.74, 6) is 0.118. The lowest BCUT2D eigenvalue weighted by atomic mass is 9.46. The molecule has 126 valence electrons. The average Bonchev–Trinajstić information content (AvgIpc) is 2.54. The number of aryl methyl sites for hydroxylation is 1. The fraction of sp³-hybridized carbons (Fsp3) is 0.632. The monoisotopic (exact) mass is 316 g/mol. The molecule has 1 aliphatic carbocycles. The molecule has 23 heavy (non-hydrogen) atoms. The van der Waals surface area contributed by atoms with Crippen molar-refractivity contribution in [2.24, 2.45) is 17.1 Å². The maximum absolute atomic E-state index is 12.8. The van der Waals surface area contributed by atoms with Crippen molar-refractivity contribution in [3.05, 3.63) is 35.4 Å². The second kappa shape index (κ2) is 5.91. The highest BCUT2D eigenvalue weighted by Crippen LogP contribution is 2.57. The minimum absolute atomic E-state index is 0.0260. The number of hydrogen-bond acceptors (Lipinski definition) is 3. The highest BCUT2D eigenvalue weighted by molar-refractivity contribution is 5.89. The Kier molecular flexibility index (Phi) is 4.23. The van der Waals surface area contributed by atoms with Crippen molar-refractivity contribution in [2.75, 3.05) is 13.2 Å². The predicted octanol–water partition coefficient (Wildman–Crippen LogP) is 2.19. The van der Waals surface area contributed by atoms with E-state index in [9.17, 15) is 4.79 Å². The smallest absolute Gasteiger partial charge is 0.241 e. The Morgan fingerprint density at radius 2 is 2.22 bits per heavy atom. The van der Waals surface area contributed by atoms with Gasteiger partial charge in [0.15, 0.2) is 0 Å². The molecule has 3 atom stereocenters. The summed E-state index contributed by atoms with van der Waals surface area (Å²) in [6.07, 6.45) is 2.92. The van der Waals surface area contributed by atoms with Crippen LogP contribution in [0, 0.1) is 18.3 Å². The first kappa shape index (κ1) is 16.5. The lowest BCUT2D eigenvalue weighted by Crippen LogP contribution is -2.82. The summed E-state index contributed by atoms with van der Waals surface area (Å²) < 4.78 is 5.86. The number of nitrogens with one attached hydrogen (secondary N) is 1. The molecule has 4 heteroatoms. The van der Waals surface area contributed by atoms with Crippen LogP contribution in [0.25, 0.3) is 0 Å². The predicted molar refractivity (Wildman–Crippen MR) is 91.1 cm³/mol. The van der Waals surface area contributed by atoms with Crippen LogP contribution in [-0.4, -0.2) is 30.7 Å². The highest BCUT2D eigenvalue weighted by Gasteiger charge is 2.70. The first-order valence-corrected chi connectivity index (χ1v) is 8.61. The number of carbonyl (C=O) groups is 1. The molecule has 0 bridgehead atoms. The van der Waals surface area contributed by atoms with E-state index in [1.54, 1.807) is 0 Å². The fourth-order valence-electron chi connectivity index (χ4n) is 4.37. The van der Waals surface area contributed by atoms with Crippen molar-refractivity contribution in [1.82, 2.24) is 5.32 Å². The molecule has 0 spiro atoms. The second-order valence-electron chi connectivity index (χ2n) is 7.63. The summed E-state index contributed by atoms with van der Waals surface area (Å²) in [6.45, 7) is 7.60. The number of rotatable bonds is 4. The van der Waals surface area contributed by atoms with Gasteiger partial charge in [0.25, 0.3) is 0 Å². The van der Waals surface area contributed by atoms with Gasteiger partial charge in [0.2, 0.25) is 5.91 Å². The van der Waals surface area contributed by atoms with E-state index in [0.717, 1.165) is 25.9 Å². The zero-order valence-electron chi connectivity index (χ0n) is 14.4. The largest absolute Gasteiger partial charge is 0.377 e. The minimum atomic E-state index is -0.815. The lowest BCUT2D eigenvalue weighted by molar-refractivity contribution is -0.225. The molecule has 1 amide bonds. The Labute approximate surface area is 138 Å². The summed E-state index contributed by atoms with van der Waals surface area (Å²) >= 11 is 0. The number of ether oxygens (including phenoxy) is 1. The Hall–Kier alpha value is -1.39. The SMILES string of the molecule is Cc1cccc(CCNC(=O)C2(N)C3CCCOC3C2(C)C)c1. The van der Waals surface area contributed by atoms with Gasteiger partial charge in [0.05, 0.1) is 6.10 Å². The Morgan fingerprint density at radius 3 is 2.96 bits per heavy atom. The maximum Gasteiger partial charge on any atom is 0.241 e.